The van der Waals surface area contributed by atoms with Crippen LogP contribution in [0.25, 0.3) is 0 Å². The first-order valence-electron chi connectivity index (χ1n) is 8.12. The molecule has 1 aromatic heterocycles. The van der Waals surface area contributed by atoms with Crippen molar-refractivity contribution in [2.75, 3.05) is 13.1 Å². The largest absolute Gasteiger partial charge is 0.573 e. The Kier molecular flexibility index (Phi) is 6.32. The summed E-state index contributed by atoms with van der Waals surface area (Å²) < 4.78 is 68.0. The van der Waals surface area contributed by atoms with Crippen molar-refractivity contribution in [3.05, 3.63) is 58.5 Å². The molecule has 0 saturated heterocycles. The summed E-state index contributed by atoms with van der Waals surface area (Å²) in [6, 6.07) is 7.40. The molecule has 6 nitrogen and oxygen atoms in total. The van der Waals surface area contributed by atoms with Crippen molar-refractivity contribution in [1.82, 2.24) is 8.87 Å². The van der Waals surface area contributed by atoms with E-state index in [4.69, 9.17) is 0 Å². The van der Waals surface area contributed by atoms with E-state index in [2.05, 4.69) is 4.74 Å². The van der Waals surface area contributed by atoms with Gasteiger partial charge in [0.15, 0.2) is 0 Å². The number of ether oxygens (including phenoxy) is 1. The van der Waals surface area contributed by atoms with Gasteiger partial charge < -0.3 is 9.30 Å². The second-order valence-electron chi connectivity index (χ2n) is 5.61. The molecule has 0 amide bonds. The summed E-state index contributed by atoms with van der Waals surface area (Å²) in [5, 5.41) is 0. The summed E-state index contributed by atoms with van der Waals surface area (Å²) in [6.07, 6.45) is -3.55. The summed E-state index contributed by atoms with van der Waals surface area (Å²) in [5.74, 6) is -0.378. The maximum atomic E-state index is 12.6. The second kappa shape index (κ2) is 8.13. The SMILES string of the molecule is CCN(CC)S(=O)(=O)c1ccc(=O)n(Cc2ccc(OC(F)(F)F)cc2)c1. The first-order valence-corrected chi connectivity index (χ1v) is 9.56. The number of pyridine rings is 1. The number of benzene rings is 1. The quantitative estimate of drug-likeness (QED) is 0.712. The number of sulfonamides is 1. The zero-order valence-corrected chi connectivity index (χ0v) is 15.5. The van der Waals surface area contributed by atoms with Crippen molar-refractivity contribution in [3.63, 3.8) is 0 Å². The Hall–Kier alpha value is -2.33. The zero-order chi connectivity index (χ0) is 20.2. The Labute approximate surface area is 154 Å². The van der Waals surface area contributed by atoms with Gasteiger partial charge in [-0.05, 0) is 23.8 Å². The van der Waals surface area contributed by atoms with Gasteiger partial charge in [-0.1, -0.05) is 26.0 Å². The summed E-state index contributed by atoms with van der Waals surface area (Å²) in [6.45, 7) is 4.01. The van der Waals surface area contributed by atoms with E-state index in [1.54, 1.807) is 13.8 Å². The molecule has 1 heterocycles. The first-order chi connectivity index (χ1) is 12.6. The zero-order valence-electron chi connectivity index (χ0n) is 14.7. The standard InChI is InChI=1S/C17H19F3N2O4S/c1-3-22(4-2)27(24,25)15-9-10-16(23)21(12-15)11-13-5-7-14(8-6-13)26-17(18,19)20/h5-10,12H,3-4,11H2,1-2H3. The number of hydrogen-bond acceptors (Lipinski definition) is 4. The normalized spacial score (nSPS) is 12.4. The number of halogens is 3. The Morgan fingerprint density at radius 3 is 2.15 bits per heavy atom. The fraction of sp³-hybridized carbons (Fsp3) is 0.353. The molecule has 0 bridgehead atoms. The maximum absolute atomic E-state index is 12.6. The summed E-state index contributed by atoms with van der Waals surface area (Å²) in [5.41, 5.74) is 0.0909. The number of hydrogen-bond donors (Lipinski definition) is 0. The smallest absolute Gasteiger partial charge is 0.406 e. The average Bonchev–Trinajstić information content (AvgIpc) is 2.58. The first kappa shape index (κ1) is 21.0. The molecule has 27 heavy (non-hydrogen) atoms. The molecule has 0 saturated carbocycles. The van der Waals surface area contributed by atoms with Gasteiger partial charge >= 0.3 is 6.36 Å². The van der Waals surface area contributed by atoms with Crippen molar-refractivity contribution >= 4 is 10.0 Å². The summed E-state index contributed by atoms with van der Waals surface area (Å²) >= 11 is 0. The van der Waals surface area contributed by atoms with Crippen LogP contribution in [0, 0.1) is 0 Å². The highest BCUT2D eigenvalue weighted by atomic mass is 32.2. The van der Waals surface area contributed by atoms with Gasteiger partial charge in [0.25, 0.3) is 5.56 Å². The molecule has 0 N–H and O–H groups in total. The fourth-order valence-corrected chi connectivity index (χ4v) is 3.97. The third kappa shape index (κ3) is 5.33. The molecule has 0 aliphatic rings. The molecule has 0 atom stereocenters. The van der Waals surface area contributed by atoms with Gasteiger partial charge in [0, 0.05) is 25.4 Å². The molecule has 1 aromatic carbocycles. The van der Waals surface area contributed by atoms with Gasteiger partial charge in [0.1, 0.15) is 5.75 Å². The number of nitrogens with zero attached hydrogens (tertiary/aromatic N) is 2. The Morgan fingerprint density at radius 1 is 1.04 bits per heavy atom. The van der Waals surface area contributed by atoms with Gasteiger partial charge in [-0.25, -0.2) is 8.42 Å². The highest BCUT2D eigenvalue weighted by Gasteiger charge is 2.31. The van der Waals surface area contributed by atoms with Crippen LogP contribution in [-0.4, -0.2) is 36.7 Å². The summed E-state index contributed by atoms with van der Waals surface area (Å²) in [4.78, 5) is 12.0. The minimum absolute atomic E-state index is 0.00669. The van der Waals surface area contributed by atoms with Crippen molar-refractivity contribution in [2.24, 2.45) is 0 Å². The molecule has 2 aromatic rings. The van der Waals surface area contributed by atoms with Crippen molar-refractivity contribution in [3.8, 4) is 5.75 Å². The van der Waals surface area contributed by atoms with E-state index in [1.165, 1.54) is 33.3 Å². The van der Waals surface area contributed by atoms with E-state index in [1.807, 2.05) is 0 Å². The number of rotatable bonds is 7. The van der Waals surface area contributed by atoms with Crippen LogP contribution in [0.2, 0.25) is 0 Å². The van der Waals surface area contributed by atoms with E-state index in [0.717, 1.165) is 18.2 Å². The molecule has 0 fully saturated rings. The lowest BCUT2D eigenvalue weighted by molar-refractivity contribution is -0.274. The average molecular weight is 404 g/mol. The molecular weight excluding hydrogens is 385 g/mol. The number of alkyl halides is 3. The molecular formula is C17H19F3N2O4S. The van der Waals surface area contributed by atoms with Gasteiger partial charge in [0.05, 0.1) is 11.4 Å². The monoisotopic (exact) mass is 404 g/mol. The van der Waals surface area contributed by atoms with Crippen LogP contribution in [-0.2, 0) is 16.6 Å². The Morgan fingerprint density at radius 2 is 1.63 bits per heavy atom. The Bertz CT molecular complexity index is 934. The van der Waals surface area contributed by atoms with Gasteiger partial charge in [-0.15, -0.1) is 13.2 Å². The molecule has 0 unspecified atom stereocenters. The van der Waals surface area contributed by atoms with Crippen LogP contribution in [0.1, 0.15) is 19.4 Å². The lowest BCUT2D eigenvalue weighted by Gasteiger charge is -2.19. The van der Waals surface area contributed by atoms with Crippen LogP contribution < -0.4 is 10.3 Å². The third-order valence-corrected chi connectivity index (χ3v) is 5.84. The van der Waals surface area contributed by atoms with Crippen LogP contribution in [0.15, 0.2) is 52.3 Å². The predicted octanol–water partition coefficient (Wildman–Crippen LogP) is 2.83. The molecule has 0 aliphatic heterocycles. The van der Waals surface area contributed by atoms with E-state index in [-0.39, 0.29) is 17.2 Å². The number of aromatic nitrogens is 1. The molecule has 148 valence electrons. The molecule has 0 spiro atoms. The topological polar surface area (TPSA) is 68.6 Å². The highest BCUT2D eigenvalue weighted by molar-refractivity contribution is 7.89. The molecule has 10 heteroatoms. The van der Waals surface area contributed by atoms with Crippen molar-refractivity contribution in [1.29, 1.82) is 0 Å². The molecule has 0 radical (unpaired) electrons. The predicted molar refractivity (Wildman–Crippen MR) is 93.0 cm³/mol. The summed E-state index contributed by atoms with van der Waals surface area (Å²) in [7, 11) is -3.73. The maximum Gasteiger partial charge on any atom is 0.573 e. The van der Waals surface area contributed by atoms with Gasteiger partial charge in [-0.2, -0.15) is 4.31 Å². The minimum atomic E-state index is -4.79. The lowest BCUT2D eigenvalue weighted by Crippen LogP contribution is -2.32. The minimum Gasteiger partial charge on any atom is -0.406 e. The lowest BCUT2D eigenvalue weighted by atomic mass is 10.2. The van der Waals surface area contributed by atoms with Crippen LogP contribution >= 0.6 is 0 Å². The van der Waals surface area contributed by atoms with E-state index in [9.17, 15) is 26.4 Å². The second-order valence-corrected chi connectivity index (χ2v) is 7.55. The van der Waals surface area contributed by atoms with Crippen LogP contribution in [0.5, 0.6) is 5.75 Å². The van der Waals surface area contributed by atoms with Crippen molar-refractivity contribution < 1.29 is 26.3 Å². The third-order valence-electron chi connectivity index (χ3n) is 3.81. The van der Waals surface area contributed by atoms with Crippen molar-refractivity contribution in [2.45, 2.75) is 31.7 Å². The molecule has 2 rings (SSSR count). The van der Waals surface area contributed by atoms with E-state index >= 15 is 0 Å². The molecule has 0 aliphatic carbocycles. The fourth-order valence-electron chi connectivity index (χ4n) is 2.49. The van der Waals surface area contributed by atoms with Crippen LogP contribution in [0.3, 0.4) is 0 Å². The van der Waals surface area contributed by atoms with Crippen LogP contribution in [0.4, 0.5) is 13.2 Å². The van der Waals surface area contributed by atoms with Gasteiger partial charge in [-0.3, -0.25) is 4.79 Å². The van der Waals surface area contributed by atoms with Gasteiger partial charge in [0.2, 0.25) is 10.0 Å². The Balaban J connectivity index is 2.28. The van der Waals surface area contributed by atoms with E-state index < -0.39 is 21.9 Å². The van der Waals surface area contributed by atoms with E-state index in [0.29, 0.717) is 18.7 Å². The highest BCUT2D eigenvalue weighted by Crippen LogP contribution is 2.23.